The molecular weight excluding hydrogens is 953 g/mol. The lowest BCUT2D eigenvalue weighted by Crippen LogP contribution is -2.78. The third-order valence-corrected chi connectivity index (χ3v) is 11.2. The van der Waals surface area contributed by atoms with Gasteiger partial charge in [0.15, 0.2) is 0 Å². The van der Waals surface area contributed by atoms with Crippen LogP contribution in [0.2, 0.25) is 0 Å². The lowest BCUT2D eigenvalue weighted by molar-refractivity contribution is -0.890. The van der Waals surface area contributed by atoms with E-state index < -0.39 is 154 Å². The molecule has 58 heavy (non-hydrogen) atoms. The van der Waals surface area contributed by atoms with E-state index in [4.69, 9.17) is 9.11 Å². The van der Waals surface area contributed by atoms with Gasteiger partial charge in [-0.05, 0) is 6.42 Å². The van der Waals surface area contributed by atoms with Gasteiger partial charge in [-0.3, -0.25) is 9.11 Å². The molecule has 36 heteroatoms. The number of halogens is 23. The number of hydrogen-bond acceptors (Lipinski definition) is 6. The van der Waals surface area contributed by atoms with Crippen LogP contribution in [0.3, 0.4) is 0 Å². The molecule has 0 aliphatic heterocycles. The zero-order chi connectivity index (χ0) is 47.4. The number of alkyl halides is 23. The van der Waals surface area contributed by atoms with Crippen LogP contribution >= 0.6 is 0 Å². The Labute approximate surface area is 310 Å². The van der Waals surface area contributed by atoms with Gasteiger partial charge in [0.1, 0.15) is 0 Å². The van der Waals surface area contributed by atoms with Gasteiger partial charge >= 0.3 is 64.7 Å². The molecule has 0 saturated heterocycles. The summed E-state index contributed by atoms with van der Waals surface area (Å²) in [5, 5.41) is -8.16. The summed E-state index contributed by atoms with van der Waals surface area (Å²) in [6.45, 7) is -4.77. The van der Waals surface area contributed by atoms with Crippen LogP contribution in [0.5, 0.6) is 0 Å². The maximum Gasteiger partial charge on any atom is 0.460 e. The summed E-state index contributed by atoms with van der Waals surface area (Å²) >= 11 is 0. The maximum absolute atomic E-state index is 14.9. The van der Waals surface area contributed by atoms with Crippen LogP contribution in [0.15, 0.2) is 0 Å². The second kappa shape index (κ2) is 16.1. The molecule has 0 saturated carbocycles. The average Bonchev–Trinajstić information content (AvgIpc) is 2.97. The predicted molar refractivity (Wildman–Crippen MR) is 145 cm³/mol. The Balaban J connectivity index is 7.30. The SMILES string of the molecule is C[N+](C)(CCCN(CCCS(=O)(=O)O)S(=O)(=O)C(F)(F)C(F)(F)C(F)(F)C(F)(F)C(F)(F)C(F)(F)C(F)(F)C(F)(F)C(F)(F)C(F)(F)C(F)(F)F)CCCS(=O)(=O)O. The Kier molecular flexibility index (Phi) is 15.6. The summed E-state index contributed by atoms with van der Waals surface area (Å²) in [4.78, 5) is 0. The second-order valence-corrected chi connectivity index (χ2v) is 17.7. The summed E-state index contributed by atoms with van der Waals surface area (Å²) in [5.74, 6) is -86.9. The fourth-order valence-corrected chi connectivity index (χ4v) is 6.81. The lowest BCUT2D eigenvalue weighted by atomic mass is 9.86. The quantitative estimate of drug-likeness (QED) is 0.0670. The largest absolute Gasteiger partial charge is 0.460 e. The van der Waals surface area contributed by atoms with Crippen molar-refractivity contribution in [3.05, 3.63) is 0 Å². The number of sulfonamides is 1. The smallest absolute Gasteiger partial charge is 0.328 e. The molecule has 0 fully saturated rings. The summed E-state index contributed by atoms with van der Waals surface area (Å²) in [7, 11) is -15.7. The van der Waals surface area contributed by atoms with E-state index in [1.165, 1.54) is 0 Å². The molecule has 10 nitrogen and oxygen atoms in total. The second-order valence-electron chi connectivity index (χ2n) is 12.6. The minimum atomic E-state index is -9.69. The molecule has 0 amide bonds. The highest BCUT2D eigenvalue weighted by molar-refractivity contribution is 7.90. The highest BCUT2D eigenvalue weighted by Gasteiger charge is 2.99. The first-order valence-electron chi connectivity index (χ1n) is 14.3. The van der Waals surface area contributed by atoms with Crippen LogP contribution in [0.4, 0.5) is 101 Å². The first-order valence-corrected chi connectivity index (χ1v) is 19.0. The fourth-order valence-electron chi connectivity index (χ4n) is 4.30. The molecule has 0 bridgehead atoms. The lowest BCUT2D eigenvalue weighted by Gasteiger charge is -2.45. The molecule has 0 aromatic heterocycles. The summed E-state index contributed by atoms with van der Waals surface area (Å²) in [6.07, 6.45) is -11.2. The van der Waals surface area contributed by atoms with Crippen molar-refractivity contribution in [2.75, 3.05) is 51.8 Å². The van der Waals surface area contributed by atoms with Crippen LogP contribution in [0.1, 0.15) is 19.3 Å². The molecule has 2 N–H and O–H groups in total. The minimum Gasteiger partial charge on any atom is -0.328 e. The van der Waals surface area contributed by atoms with E-state index in [1.54, 1.807) is 0 Å². The van der Waals surface area contributed by atoms with Crippen LogP contribution in [-0.2, 0) is 30.3 Å². The van der Waals surface area contributed by atoms with Gasteiger partial charge in [-0.2, -0.15) is 122 Å². The van der Waals surface area contributed by atoms with Crippen molar-refractivity contribution in [1.29, 1.82) is 0 Å². The third-order valence-electron chi connectivity index (χ3n) is 7.69. The molecule has 0 atom stereocenters. The monoisotopic (exact) mass is 979 g/mol. The van der Waals surface area contributed by atoms with Gasteiger partial charge in [0.25, 0.3) is 30.3 Å². The van der Waals surface area contributed by atoms with Crippen molar-refractivity contribution in [3.8, 4) is 0 Å². The van der Waals surface area contributed by atoms with E-state index in [2.05, 4.69) is 0 Å². The predicted octanol–water partition coefficient (Wildman–Crippen LogP) is 6.51. The highest BCUT2D eigenvalue weighted by Crippen LogP contribution is 2.67. The number of rotatable bonds is 23. The first kappa shape index (κ1) is 56.1. The molecule has 0 rings (SSSR count). The number of hydrogen-bond donors (Lipinski definition) is 2. The van der Waals surface area contributed by atoms with Crippen LogP contribution in [-0.4, -0.2) is 160 Å². The summed E-state index contributed by atoms with van der Waals surface area (Å²) < 4.78 is 402. The molecule has 0 aliphatic carbocycles. The van der Waals surface area contributed by atoms with E-state index in [1.807, 2.05) is 0 Å². The normalized spacial score (nSPS) is 16.3. The van der Waals surface area contributed by atoms with Crippen molar-refractivity contribution < 1.29 is 140 Å². The van der Waals surface area contributed by atoms with E-state index in [-0.39, 0.29) is 6.54 Å². The average molecular weight is 980 g/mol. The Morgan fingerprint density at radius 3 is 0.983 bits per heavy atom. The number of quaternary nitrogens is 1. The third kappa shape index (κ3) is 9.74. The highest BCUT2D eigenvalue weighted by atomic mass is 32.2. The maximum atomic E-state index is 14.9. The Hall–Kier alpha value is -1.92. The molecule has 0 spiro atoms. The van der Waals surface area contributed by atoms with E-state index in [0.29, 0.717) is 0 Å². The number of nitrogens with zero attached hydrogens (tertiary/aromatic N) is 2. The van der Waals surface area contributed by atoms with Crippen molar-refractivity contribution >= 4 is 30.3 Å². The Bertz CT molecular complexity index is 1780. The molecular formula is C22H26F23N2O8S3+. The van der Waals surface area contributed by atoms with Gasteiger partial charge < -0.3 is 4.48 Å². The molecule has 0 unspecified atom stereocenters. The van der Waals surface area contributed by atoms with E-state index in [9.17, 15) is 126 Å². The molecule has 0 heterocycles. The molecule has 0 aromatic carbocycles. The molecule has 0 aromatic rings. The van der Waals surface area contributed by atoms with Gasteiger partial charge in [0.2, 0.25) is 0 Å². The van der Waals surface area contributed by atoms with Gasteiger partial charge in [-0.25, -0.2) is 8.42 Å². The molecule has 0 aliphatic rings. The first-order chi connectivity index (χ1) is 24.8. The Morgan fingerprint density at radius 1 is 0.414 bits per heavy atom. The fraction of sp³-hybridized carbons (Fsp3) is 1.00. The van der Waals surface area contributed by atoms with Crippen molar-refractivity contribution in [3.63, 3.8) is 0 Å². The summed E-state index contributed by atoms with van der Waals surface area (Å²) in [5.41, 5.74) is 0. The van der Waals surface area contributed by atoms with Crippen LogP contribution in [0, 0.1) is 0 Å². The van der Waals surface area contributed by atoms with Crippen molar-refractivity contribution in [1.82, 2.24) is 4.31 Å². The molecule has 350 valence electrons. The standard InChI is InChI=1S/C22H25F23N2O8S3/c1-47(2,9-5-11-57(51,52)53)8-3-6-46(7-4-10-56(48,49)50)58(54,55)22(44,45)20(39,40)18(35,36)16(31,32)14(27,28)12(23,24)13(25,26)15(29,30)17(33,34)19(37,38)21(41,42)43/h3-11H2,1-2H3,(H-,48,49,50,51,52,53)/p+1. The zero-order valence-electron chi connectivity index (χ0n) is 28.0. The Morgan fingerprint density at radius 2 is 0.672 bits per heavy atom. The van der Waals surface area contributed by atoms with Crippen molar-refractivity contribution in [2.24, 2.45) is 0 Å². The van der Waals surface area contributed by atoms with Gasteiger partial charge in [-0.15, -0.1) is 0 Å². The summed E-state index contributed by atoms with van der Waals surface area (Å²) in [6, 6.07) is 0. The topological polar surface area (TPSA) is 146 Å². The van der Waals surface area contributed by atoms with Gasteiger partial charge in [-0.1, -0.05) is 0 Å². The van der Waals surface area contributed by atoms with Crippen LogP contribution in [0.25, 0.3) is 0 Å². The minimum absolute atomic E-state index is 0.350. The molecule has 0 radical (unpaired) electrons. The van der Waals surface area contributed by atoms with Crippen molar-refractivity contribution in [2.45, 2.75) is 84.0 Å². The zero-order valence-corrected chi connectivity index (χ0v) is 30.5. The van der Waals surface area contributed by atoms with E-state index >= 15 is 0 Å². The van der Waals surface area contributed by atoms with E-state index in [0.717, 1.165) is 14.1 Å². The van der Waals surface area contributed by atoms with Gasteiger partial charge in [0.05, 0.1) is 38.7 Å². The van der Waals surface area contributed by atoms with Crippen LogP contribution < -0.4 is 0 Å². The van der Waals surface area contributed by atoms with Gasteiger partial charge in [0, 0.05) is 25.9 Å².